The Labute approximate surface area is 98.5 Å². The summed E-state index contributed by atoms with van der Waals surface area (Å²) in [4.78, 5) is 15.9. The molecule has 4 nitrogen and oxygen atoms in total. The van der Waals surface area contributed by atoms with E-state index in [1.807, 2.05) is 22.7 Å². The van der Waals surface area contributed by atoms with Crippen molar-refractivity contribution >= 4 is 11.5 Å². The zero-order chi connectivity index (χ0) is 11.7. The fraction of sp³-hybridized carbons (Fsp3) is 0.231. The second-order valence-electron chi connectivity index (χ2n) is 4.09. The Hall–Kier alpha value is -2.10. The van der Waals surface area contributed by atoms with Crippen molar-refractivity contribution in [2.75, 3.05) is 0 Å². The quantitative estimate of drug-likeness (QED) is 0.584. The van der Waals surface area contributed by atoms with Gasteiger partial charge in [0.2, 0.25) is 0 Å². The predicted molar refractivity (Wildman–Crippen MR) is 62.8 cm³/mol. The molecular formula is C13H12N2O2. The van der Waals surface area contributed by atoms with E-state index < -0.39 is 0 Å². The highest BCUT2D eigenvalue weighted by molar-refractivity contribution is 5.90. The Bertz CT molecular complexity index is 586. The van der Waals surface area contributed by atoms with Gasteiger partial charge >= 0.3 is 5.97 Å². The molecule has 0 unspecified atom stereocenters. The van der Waals surface area contributed by atoms with E-state index in [-0.39, 0.29) is 12.1 Å². The first-order chi connectivity index (χ1) is 8.33. The van der Waals surface area contributed by atoms with E-state index >= 15 is 0 Å². The van der Waals surface area contributed by atoms with Crippen LogP contribution in [-0.2, 0) is 4.74 Å². The van der Waals surface area contributed by atoms with Crippen LogP contribution >= 0.6 is 0 Å². The van der Waals surface area contributed by atoms with Gasteiger partial charge in [-0.3, -0.25) is 0 Å². The first kappa shape index (κ1) is 10.1. The van der Waals surface area contributed by atoms with Gasteiger partial charge in [0.15, 0.2) is 0 Å². The summed E-state index contributed by atoms with van der Waals surface area (Å²) >= 11 is 0. The van der Waals surface area contributed by atoms with Gasteiger partial charge < -0.3 is 9.14 Å². The van der Waals surface area contributed by atoms with Crippen LogP contribution in [0, 0.1) is 0 Å². The molecule has 1 aliphatic rings. The molecule has 0 bridgehead atoms. The molecule has 0 amide bonds. The van der Waals surface area contributed by atoms with Crippen molar-refractivity contribution < 1.29 is 9.53 Å². The summed E-state index contributed by atoms with van der Waals surface area (Å²) in [7, 11) is 0. The number of aromatic nitrogens is 2. The van der Waals surface area contributed by atoms with Gasteiger partial charge in [-0.25, -0.2) is 9.78 Å². The molecule has 3 rings (SSSR count). The number of rotatable bonds is 2. The molecule has 0 radical (unpaired) electrons. The Kier molecular flexibility index (Phi) is 2.40. The van der Waals surface area contributed by atoms with Gasteiger partial charge in [-0.05, 0) is 31.1 Å². The molecule has 2 aromatic rings. The van der Waals surface area contributed by atoms with Gasteiger partial charge in [0.05, 0.1) is 23.6 Å². The highest BCUT2D eigenvalue weighted by Gasteiger charge is 2.16. The summed E-state index contributed by atoms with van der Waals surface area (Å²) in [5.74, 6) is -0.273. The van der Waals surface area contributed by atoms with Crippen molar-refractivity contribution in [2.24, 2.45) is 0 Å². The van der Waals surface area contributed by atoms with E-state index in [1.165, 1.54) is 0 Å². The first-order valence-corrected chi connectivity index (χ1v) is 5.62. The normalized spacial score (nSPS) is 18.7. The number of esters is 1. The smallest absolute Gasteiger partial charge is 0.338 e. The van der Waals surface area contributed by atoms with Gasteiger partial charge in [0.1, 0.15) is 6.10 Å². The molecule has 0 saturated carbocycles. The molecule has 0 saturated heterocycles. The van der Waals surface area contributed by atoms with E-state index in [0.717, 1.165) is 18.4 Å². The maximum Gasteiger partial charge on any atom is 0.338 e. The van der Waals surface area contributed by atoms with E-state index in [0.29, 0.717) is 5.56 Å². The van der Waals surface area contributed by atoms with Gasteiger partial charge in [-0.2, -0.15) is 0 Å². The summed E-state index contributed by atoms with van der Waals surface area (Å²) < 4.78 is 7.22. The maximum absolute atomic E-state index is 11.9. The Balaban J connectivity index is 1.82. The molecule has 17 heavy (non-hydrogen) atoms. The molecule has 1 atom stereocenters. The summed E-state index contributed by atoms with van der Waals surface area (Å²) in [6.07, 6.45) is 11.0. The predicted octanol–water partition coefficient (Wildman–Crippen LogP) is 2.21. The van der Waals surface area contributed by atoms with Crippen molar-refractivity contribution in [1.82, 2.24) is 9.38 Å². The van der Waals surface area contributed by atoms with Crippen molar-refractivity contribution in [2.45, 2.75) is 18.9 Å². The zero-order valence-electron chi connectivity index (χ0n) is 9.24. The number of hydrogen-bond acceptors (Lipinski definition) is 3. The highest BCUT2D eigenvalue weighted by Crippen LogP contribution is 2.16. The van der Waals surface area contributed by atoms with Gasteiger partial charge in [-0.1, -0.05) is 6.08 Å². The number of ether oxygens (including phenoxy) is 1. The van der Waals surface area contributed by atoms with Crippen LogP contribution in [0.15, 0.2) is 43.0 Å². The topological polar surface area (TPSA) is 43.6 Å². The molecule has 0 aromatic carbocycles. The van der Waals surface area contributed by atoms with Gasteiger partial charge in [0, 0.05) is 6.20 Å². The zero-order valence-corrected chi connectivity index (χ0v) is 9.24. The van der Waals surface area contributed by atoms with Crippen LogP contribution in [0.2, 0.25) is 0 Å². The van der Waals surface area contributed by atoms with Crippen LogP contribution in [0.4, 0.5) is 0 Å². The number of carbonyl (C=O) groups excluding carboxylic acids is 1. The molecular weight excluding hydrogens is 216 g/mol. The minimum Gasteiger partial charge on any atom is -0.455 e. The number of allylic oxidation sites excluding steroid dienone is 1. The molecule has 4 heteroatoms. The van der Waals surface area contributed by atoms with E-state index in [4.69, 9.17) is 4.74 Å². The molecule has 0 aliphatic heterocycles. The Morgan fingerprint density at radius 3 is 3.29 bits per heavy atom. The largest absolute Gasteiger partial charge is 0.455 e. The van der Waals surface area contributed by atoms with Crippen molar-refractivity contribution in [1.29, 1.82) is 0 Å². The van der Waals surface area contributed by atoms with E-state index in [1.54, 1.807) is 24.7 Å². The third-order valence-electron chi connectivity index (χ3n) is 2.88. The van der Waals surface area contributed by atoms with E-state index in [2.05, 4.69) is 4.98 Å². The first-order valence-electron chi connectivity index (χ1n) is 5.62. The molecule has 1 aliphatic carbocycles. The molecule has 2 aromatic heterocycles. The third kappa shape index (κ3) is 1.93. The summed E-state index contributed by atoms with van der Waals surface area (Å²) in [5.41, 5.74) is 1.46. The summed E-state index contributed by atoms with van der Waals surface area (Å²) in [5, 5.41) is 0. The summed E-state index contributed by atoms with van der Waals surface area (Å²) in [6, 6.07) is 3.53. The third-order valence-corrected chi connectivity index (χ3v) is 2.88. The lowest BCUT2D eigenvalue weighted by Gasteiger charge is -2.10. The maximum atomic E-state index is 11.9. The molecule has 86 valence electrons. The lowest BCUT2D eigenvalue weighted by molar-refractivity contribution is 0.0395. The van der Waals surface area contributed by atoms with Crippen molar-refractivity contribution in [3.05, 3.63) is 48.6 Å². The lowest BCUT2D eigenvalue weighted by atomic mass is 10.2. The fourth-order valence-electron chi connectivity index (χ4n) is 1.95. The second-order valence-corrected chi connectivity index (χ2v) is 4.09. The number of nitrogens with zero attached hydrogens (tertiary/aromatic N) is 2. The highest BCUT2D eigenvalue weighted by atomic mass is 16.5. The average Bonchev–Trinajstić information content (AvgIpc) is 2.97. The number of hydrogen-bond donors (Lipinski definition) is 0. The molecule has 0 spiro atoms. The number of imidazole rings is 1. The van der Waals surface area contributed by atoms with Crippen LogP contribution in [0.3, 0.4) is 0 Å². The van der Waals surface area contributed by atoms with Gasteiger partial charge in [0.25, 0.3) is 0 Å². The van der Waals surface area contributed by atoms with Crippen molar-refractivity contribution in [3.63, 3.8) is 0 Å². The number of fused-ring (bicyclic) bond motifs is 1. The van der Waals surface area contributed by atoms with E-state index in [9.17, 15) is 4.79 Å². The van der Waals surface area contributed by atoms with Gasteiger partial charge in [-0.15, -0.1) is 0 Å². The monoisotopic (exact) mass is 228 g/mol. The molecule has 2 heterocycles. The molecule has 0 fully saturated rings. The number of pyridine rings is 1. The minimum absolute atomic E-state index is 0.0661. The Morgan fingerprint density at radius 2 is 2.47 bits per heavy atom. The lowest BCUT2D eigenvalue weighted by Crippen LogP contribution is -2.14. The minimum atomic E-state index is -0.273. The van der Waals surface area contributed by atoms with Crippen LogP contribution in [0.25, 0.3) is 5.52 Å². The van der Waals surface area contributed by atoms with Crippen LogP contribution in [0.1, 0.15) is 23.2 Å². The van der Waals surface area contributed by atoms with Crippen LogP contribution in [-0.4, -0.2) is 21.5 Å². The average molecular weight is 228 g/mol. The standard InChI is InChI=1S/C13H12N2O2/c16-13(17-12-3-1-2-4-12)10-5-6-15-9-14-8-11(15)7-10/h1,3,5-9,12H,2,4H2/t12-/m0/s1. The molecule has 0 N–H and O–H groups in total. The van der Waals surface area contributed by atoms with Crippen molar-refractivity contribution in [3.8, 4) is 0 Å². The van der Waals surface area contributed by atoms with Crippen LogP contribution in [0.5, 0.6) is 0 Å². The van der Waals surface area contributed by atoms with Crippen LogP contribution < -0.4 is 0 Å². The SMILES string of the molecule is O=C(O[C@H]1C=CCC1)c1ccn2cncc2c1. The number of carbonyl (C=O) groups is 1. The fourth-order valence-corrected chi connectivity index (χ4v) is 1.95. The summed E-state index contributed by atoms with van der Waals surface area (Å²) in [6.45, 7) is 0. The Morgan fingerprint density at radius 1 is 1.53 bits per heavy atom. The second kappa shape index (κ2) is 4.05.